The fraction of sp³-hybridized carbons (Fsp3) is 0.326. The van der Waals surface area contributed by atoms with Crippen molar-refractivity contribution < 1.29 is 33.5 Å². The van der Waals surface area contributed by atoms with Gasteiger partial charge in [-0.2, -0.15) is 0 Å². The van der Waals surface area contributed by atoms with Crippen molar-refractivity contribution in [2.24, 2.45) is 0 Å². The van der Waals surface area contributed by atoms with Crippen LogP contribution in [-0.4, -0.2) is 127 Å². The number of ether oxygens (including phenoxy) is 1. The maximum atomic E-state index is 12.6. The molecule has 378 valence electrons. The first kappa shape index (κ1) is 55.9. The number of nitrogens with zero attached hydrogens (tertiary/aromatic N) is 9. The molecule has 0 radical (unpaired) electrons. The second-order valence-corrected chi connectivity index (χ2v) is 16.6. The number of hydrogen-bond donors (Lipinski definition) is 7. The van der Waals surface area contributed by atoms with E-state index in [2.05, 4.69) is 94.0 Å². The van der Waals surface area contributed by atoms with Crippen molar-refractivity contribution in [3.8, 4) is 11.1 Å². The van der Waals surface area contributed by atoms with Gasteiger partial charge in [0.25, 0.3) is 17.7 Å². The quantitative estimate of drug-likeness (QED) is 0.0582. The predicted octanol–water partition coefficient (Wildman–Crippen LogP) is 6.40. The minimum Gasteiger partial charge on any atom is -0.461 e. The third kappa shape index (κ3) is 14.7. The minimum atomic E-state index is -0.505. The third-order valence-corrected chi connectivity index (χ3v) is 10.3. The fourth-order valence-corrected chi connectivity index (χ4v) is 7.25. The lowest BCUT2D eigenvalue weighted by Gasteiger charge is -2.11. The van der Waals surface area contributed by atoms with Gasteiger partial charge < -0.3 is 36.2 Å². The van der Waals surface area contributed by atoms with Gasteiger partial charge in [-0.05, 0) is 83.5 Å². The molecule has 0 fully saturated rings. The summed E-state index contributed by atoms with van der Waals surface area (Å²) in [6.45, 7) is 13.8. The van der Waals surface area contributed by atoms with Crippen LogP contribution < -0.4 is 42.1 Å². The van der Waals surface area contributed by atoms with E-state index in [4.69, 9.17) is 4.74 Å². The van der Waals surface area contributed by atoms with E-state index in [1.54, 1.807) is 80.1 Å². The number of urea groups is 2. The number of pyridine rings is 3. The van der Waals surface area contributed by atoms with Gasteiger partial charge in [-0.1, -0.05) is 39.3 Å². The number of nitrogens with one attached hydrogen (secondary N) is 7. The summed E-state index contributed by atoms with van der Waals surface area (Å²) >= 11 is 6.68. The first-order valence-corrected chi connectivity index (χ1v) is 23.6. The third-order valence-electron chi connectivity index (χ3n) is 9.36. The van der Waals surface area contributed by atoms with Crippen molar-refractivity contribution in [2.75, 3.05) is 69.0 Å². The molecule has 0 bridgehead atoms. The number of amides is 7. The van der Waals surface area contributed by atoms with Crippen molar-refractivity contribution in [3.63, 3.8) is 0 Å². The highest BCUT2D eigenvalue weighted by atomic mass is 79.9. The standard InChI is InChI=1S/C19H24N8O2.C13H16BrN5O2.C13H14BrN3O3.CH4/c1-5-20-17(28)14-7-12(13-9-22-18(23-10-13)26(3)4)8-16-24-15(11-27(14)16)25-19(29)21-6-2;1-3-15-12(20)9-5-8(14)6-11-17-10(7-19(9)11)18-13(21)16-4-2;1-3-15-12(18)10-5-8(14)6-11-16-9(7-17(10)11)13(19)20-4-2;/h7-11H,5-6H2,1-4H3,(H,20,28)(H2,21,25,29);5-7H,3-4H2,1-2H3,(H,15,20)(H2,16,18,21);5-7H,3-4H2,1-2H3,(H,15,18);1H4. The van der Waals surface area contributed by atoms with Crippen molar-refractivity contribution in [1.82, 2.24) is 64.7 Å². The van der Waals surface area contributed by atoms with Crippen LogP contribution in [-0.2, 0) is 4.74 Å². The normalized spacial score (nSPS) is 10.4. The Kier molecular flexibility index (Phi) is 20.8. The van der Waals surface area contributed by atoms with E-state index in [9.17, 15) is 28.8 Å². The number of imidazole rings is 3. The summed E-state index contributed by atoms with van der Waals surface area (Å²) in [5.41, 5.74) is 4.51. The second kappa shape index (κ2) is 26.3. The van der Waals surface area contributed by atoms with Crippen molar-refractivity contribution in [3.05, 3.63) is 99.1 Å². The molecule has 0 aromatic carbocycles. The summed E-state index contributed by atoms with van der Waals surface area (Å²) in [5, 5.41) is 18.8. The fourth-order valence-electron chi connectivity index (χ4n) is 6.41. The van der Waals surface area contributed by atoms with Gasteiger partial charge in [0.1, 0.15) is 34.0 Å². The van der Waals surface area contributed by atoms with Gasteiger partial charge in [0.05, 0.1) is 19.0 Å². The van der Waals surface area contributed by atoms with E-state index in [-0.39, 0.29) is 49.5 Å². The Balaban J connectivity index is 0.000000235. The number of carbonyl (C=O) groups excluding carboxylic acids is 6. The highest BCUT2D eigenvalue weighted by Gasteiger charge is 2.19. The Morgan fingerprint density at radius 3 is 1.38 bits per heavy atom. The van der Waals surface area contributed by atoms with Gasteiger partial charge in [-0.25, -0.2) is 39.3 Å². The van der Waals surface area contributed by atoms with Crippen LogP contribution in [0.15, 0.2) is 76.3 Å². The molecule has 0 aliphatic heterocycles. The molecular weight excluding hydrogens is 1050 g/mol. The summed E-state index contributed by atoms with van der Waals surface area (Å²) in [5.74, 6) is 0.133. The molecule has 0 aliphatic rings. The largest absolute Gasteiger partial charge is 0.461 e. The van der Waals surface area contributed by atoms with Crippen LogP contribution in [0.5, 0.6) is 0 Å². The van der Waals surface area contributed by atoms with Crippen LogP contribution in [0.2, 0.25) is 0 Å². The zero-order chi connectivity index (χ0) is 51.1. The molecule has 7 amide bonds. The molecule has 7 aromatic heterocycles. The van der Waals surface area contributed by atoms with Crippen LogP contribution in [0.3, 0.4) is 0 Å². The SMILES string of the molecule is C.CCNC(=O)Nc1cn2c(C(=O)NCC)cc(-c3cnc(N(C)C)nc3)cc2n1.CCNC(=O)Nc1cn2c(C(=O)NCC)cc(Br)cc2n1.CCNC(=O)c1cc(Br)cc2nc(C(=O)OCC)cn12. The van der Waals surface area contributed by atoms with Gasteiger partial charge in [0.15, 0.2) is 17.3 Å². The molecule has 7 rings (SSSR count). The summed E-state index contributed by atoms with van der Waals surface area (Å²) < 4.78 is 11.2. The van der Waals surface area contributed by atoms with E-state index in [0.29, 0.717) is 88.8 Å². The monoisotopic (exact) mass is 1100 g/mol. The molecule has 0 spiro atoms. The number of halogens is 2. The smallest absolute Gasteiger partial charge is 0.358 e. The van der Waals surface area contributed by atoms with Crippen molar-refractivity contribution in [2.45, 2.75) is 49.0 Å². The molecule has 0 aliphatic carbocycles. The molecule has 0 unspecified atom stereocenters. The highest BCUT2D eigenvalue weighted by molar-refractivity contribution is 9.10. The Morgan fingerprint density at radius 1 is 0.549 bits per heavy atom. The minimum absolute atomic E-state index is 0. The van der Waals surface area contributed by atoms with E-state index in [1.165, 1.54) is 6.20 Å². The summed E-state index contributed by atoms with van der Waals surface area (Å²) in [7, 11) is 3.73. The van der Waals surface area contributed by atoms with Gasteiger partial charge in [0.2, 0.25) is 5.95 Å². The van der Waals surface area contributed by atoms with Crippen molar-refractivity contribution in [1.29, 1.82) is 0 Å². The number of anilines is 3. The van der Waals surface area contributed by atoms with Gasteiger partial charge >= 0.3 is 18.0 Å². The Bertz CT molecular complexity index is 3010. The lowest BCUT2D eigenvalue weighted by molar-refractivity contribution is 0.0519. The molecular formula is C46H58Br2N16O7. The Hall–Kier alpha value is -7.67. The topological polar surface area (TPSA) is 277 Å². The molecule has 7 aromatic rings. The predicted molar refractivity (Wildman–Crippen MR) is 278 cm³/mol. The van der Waals surface area contributed by atoms with Crippen LogP contribution in [0.25, 0.3) is 28.1 Å². The number of esters is 1. The maximum absolute atomic E-state index is 12.6. The summed E-state index contributed by atoms with van der Waals surface area (Å²) in [6, 6.07) is 9.76. The molecule has 0 saturated heterocycles. The lowest BCUT2D eigenvalue weighted by Crippen LogP contribution is -2.28. The number of rotatable bonds is 14. The molecule has 71 heavy (non-hydrogen) atoms. The summed E-state index contributed by atoms with van der Waals surface area (Å²) in [6.07, 6.45) is 8.13. The van der Waals surface area contributed by atoms with E-state index in [1.807, 2.05) is 54.8 Å². The number of hydrogen-bond acceptors (Lipinski definition) is 13. The zero-order valence-electron chi connectivity index (χ0n) is 39.7. The average Bonchev–Trinajstić information content (AvgIpc) is 4.05. The first-order valence-electron chi connectivity index (χ1n) is 22.1. The van der Waals surface area contributed by atoms with Gasteiger partial charge in [-0.3, -0.25) is 38.2 Å². The molecule has 7 N–H and O–H groups in total. The summed E-state index contributed by atoms with van der Waals surface area (Å²) in [4.78, 5) is 95.1. The maximum Gasteiger partial charge on any atom is 0.358 e. The Labute approximate surface area is 426 Å². The van der Waals surface area contributed by atoms with Crippen molar-refractivity contribution >= 4 is 102 Å². The highest BCUT2D eigenvalue weighted by Crippen LogP contribution is 2.25. The first-order chi connectivity index (χ1) is 33.5. The molecule has 0 saturated carbocycles. The van der Waals surface area contributed by atoms with Crippen LogP contribution >= 0.6 is 31.9 Å². The molecule has 23 nitrogen and oxygen atoms in total. The van der Waals surface area contributed by atoms with Crippen LogP contribution in [0.4, 0.5) is 27.2 Å². The van der Waals surface area contributed by atoms with Gasteiger partial charge in [0, 0.05) is 79.9 Å². The van der Waals surface area contributed by atoms with E-state index in [0.717, 1.165) is 15.6 Å². The van der Waals surface area contributed by atoms with E-state index < -0.39 is 5.97 Å². The number of aromatic nitrogens is 8. The average molecular weight is 1110 g/mol. The lowest BCUT2D eigenvalue weighted by atomic mass is 10.1. The number of fused-ring (bicyclic) bond motifs is 3. The Morgan fingerprint density at radius 2 is 0.958 bits per heavy atom. The zero-order valence-corrected chi connectivity index (χ0v) is 42.9. The van der Waals surface area contributed by atoms with Crippen LogP contribution in [0, 0.1) is 0 Å². The molecule has 25 heteroatoms. The molecule has 0 atom stereocenters. The van der Waals surface area contributed by atoms with E-state index >= 15 is 0 Å². The molecule has 7 heterocycles. The van der Waals surface area contributed by atoms with Crippen LogP contribution in [0.1, 0.15) is 90.9 Å². The second-order valence-electron chi connectivity index (χ2n) is 14.7. The van der Waals surface area contributed by atoms with Gasteiger partial charge in [-0.15, -0.1) is 0 Å². The number of carbonyl (C=O) groups is 6.